The second-order valence-corrected chi connectivity index (χ2v) is 6.41. The van der Waals surface area contributed by atoms with Crippen molar-refractivity contribution in [1.82, 2.24) is 4.90 Å². The van der Waals surface area contributed by atoms with Crippen LogP contribution in [0.3, 0.4) is 0 Å². The zero-order chi connectivity index (χ0) is 18.4. The molecule has 1 aliphatic rings. The largest absolute Gasteiger partial charge is 0.489 e. The highest BCUT2D eigenvalue weighted by molar-refractivity contribution is 5.93. The van der Waals surface area contributed by atoms with E-state index in [0.29, 0.717) is 25.4 Å². The van der Waals surface area contributed by atoms with Crippen LogP contribution in [0.5, 0.6) is 5.75 Å². The number of amides is 3. The number of likely N-dealkylation sites (tertiary alicyclic amines) is 1. The molecular formula is C20H23N3O3. The van der Waals surface area contributed by atoms with Crippen molar-refractivity contribution in [3.05, 3.63) is 60.2 Å². The number of piperidine rings is 1. The molecule has 0 aromatic heterocycles. The molecule has 1 saturated heterocycles. The molecule has 0 radical (unpaired) electrons. The lowest BCUT2D eigenvalue weighted by Crippen LogP contribution is -2.46. The van der Waals surface area contributed by atoms with E-state index in [1.165, 1.54) is 4.90 Å². The van der Waals surface area contributed by atoms with Gasteiger partial charge in [-0.15, -0.1) is 0 Å². The molecule has 1 atom stereocenters. The number of hydrogen-bond acceptors (Lipinski definition) is 3. The fourth-order valence-corrected chi connectivity index (χ4v) is 3.01. The minimum Gasteiger partial charge on any atom is -0.489 e. The fraction of sp³-hybridized carbons (Fsp3) is 0.300. The Balaban J connectivity index is 1.52. The first-order valence-electron chi connectivity index (χ1n) is 8.74. The van der Waals surface area contributed by atoms with Gasteiger partial charge in [-0.3, -0.25) is 4.79 Å². The number of benzene rings is 2. The number of ether oxygens (including phenoxy) is 1. The summed E-state index contributed by atoms with van der Waals surface area (Å²) in [6.45, 7) is 1.49. The van der Waals surface area contributed by atoms with Crippen LogP contribution in [0.4, 0.5) is 10.5 Å². The van der Waals surface area contributed by atoms with Gasteiger partial charge in [0, 0.05) is 18.8 Å². The van der Waals surface area contributed by atoms with E-state index >= 15 is 0 Å². The molecule has 3 N–H and O–H groups in total. The number of hydrogen-bond donors (Lipinski definition) is 2. The SMILES string of the molecule is NC(=O)N1CCC[C@H](C(=O)Nc2ccc(OCc3ccccc3)cc2)C1. The number of carbonyl (C=O) groups is 2. The minimum absolute atomic E-state index is 0.0890. The van der Waals surface area contributed by atoms with Crippen LogP contribution < -0.4 is 15.8 Å². The van der Waals surface area contributed by atoms with Crippen molar-refractivity contribution in [2.75, 3.05) is 18.4 Å². The van der Waals surface area contributed by atoms with Gasteiger partial charge in [-0.1, -0.05) is 30.3 Å². The third kappa shape index (κ3) is 4.75. The zero-order valence-corrected chi connectivity index (χ0v) is 14.6. The highest BCUT2D eigenvalue weighted by Gasteiger charge is 2.27. The van der Waals surface area contributed by atoms with Gasteiger partial charge in [0.1, 0.15) is 12.4 Å². The van der Waals surface area contributed by atoms with Crippen LogP contribution in [0.2, 0.25) is 0 Å². The minimum atomic E-state index is -0.470. The van der Waals surface area contributed by atoms with E-state index in [9.17, 15) is 9.59 Å². The molecule has 0 aliphatic carbocycles. The molecule has 6 heteroatoms. The third-order valence-corrected chi connectivity index (χ3v) is 4.47. The summed E-state index contributed by atoms with van der Waals surface area (Å²) in [5.41, 5.74) is 7.12. The summed E-state index contributed by atoms with van der Waals surface area (Å²) in [7, 11) is 0. The Kier molecular flexibility index (Phi) is 5.73. The van der Waals surface area contributed by atoms with Crippen molar-refractivity contribution in [3.8, 4) is 5.75 Å². The van der Waals surface area contributed by atoms with Gasteiger partial charge in [0.15, 0.2) is 0 Å². The molecular weight excluding hydrogens is 330 g/mol. The molecule has 1 heterocycles. The van der Waals surface area contributed by atoms with E-state index in [2.05, 4.69) is 5.32 Å². The quantitative estimate of drug-likeness (QED) is 0.866. The first-order valence-corrected chi connectivity index (χ1v) is 8.74. The Hall–Kier alpha value is -3.02. The first-order chi connectivity index (χ1) is 12.6. The molecule has 3 rings (SSSR count). The molecule has 0 unspecified atom stereocenters. The molecule has 3 amide bonds. The van der Waals surface area contributed by atoms with Crippen LogP contribution in [-0.2, 0) is 11.4 Å². The van der Waals surface area contributed by atoms with Crippen LogP contribution in [0.25, 0.3) is 0 Å². The van der Waals surface area contributed by atoms with E-state index in [1.807, 2.05) is 54.6 Å². The van der Waals surface area contributed by atoms with Gasteiger partial charge in [-0.05, 0) is 42.7 Å². The molecule has 2 aromatic rings. The summed E-state index contributed by atoms with van der Waals surface area (Å²) in [5, 5.41) is 2.90. The van der Waals surface area contributed by atoms with Crippen molar-refractivity contribution >= 4 is 17.6 Å². The number of rotatable bonds is 5. The summed E-state index contributed by atoms with van der Waals surface area (Å²) in [6, 6.07) is 16.7. The Morgan fingerprint density at radius 2 is 1.85 bits per heavy atom. The molecule has 6 nitrogen and oxygen atoms in total. The highest BCUT2D eigenvalue weighted by atomic mass is 16.5. The molecule has 2 aromatic carbocycles. The standard InChI is InChI=1S/C20H23N3O3/c21-20(25)23-12-4-7-16(13-23)19(24)22-17-8-10-18(11-9-17)26-14-15-5-2-1-3-6-15/h1-3,5-6,8-11,16H,4,7,12-14H2,(H2,21,25)(H,22,24)/t16-/m0/s1. The summed E-state index contributed by atoms with van der Waals surface area (Å²) in [5.74, 6) is 0.420. The predicted molar refractivity (Wildman–Crippen MR) is 99.7 cm³/mol. The lowest BCUT2D eigenvalue weighted by Gasteiger charge is -2.30. The van der Waals surface area contributed by atoms with Gasteiger partial charge in [0.05, 0.1) is 5.92 Å². The number of carbonyl (C=O) groups excluding carboxylic acids is 2. The van der Waals surface area contributed by atoms with Gasteiger partial charge in [0.2, 0.25) is 5.91 Å². The van der Waals surface area contributed by atoms with E-state index in [1.54, 1.807) is 0 Å². The van der Waals surface area contributed by atoms with Gasteiger partial charge in [-0.2, -0.15) is 0 Å². The lowest BCUT2D eigenvalue weighted by atomic mass is 9.97. The smallest absolute Gasteiger partial charge is 0.314 e. The fourth-order valence-electron chi connectivity index (χ4n) is 3.01. The Labute approximate surface area is 152 Å². The van der Waals surface area contributed by atoms with Crippen molar-refractivity contribution in [3.63, 3.8) is 0 Å². The van der Waals surface area contributed by atoms with E-state index < -0.39 is 6.03 Å². The maximum absolute atomic E-state index is 12.4. The predicted octanol–water partition coefficient (Wildman–Crippen LogP) is 2.99. The number of anilines is 1. The van der Waals surface area contributed by atoms with Crippen molar-refractivity contribution < 1.29 is 14.3 Å². The monoisotopic (exact) mass is 353 g/mol. The molecule has 0 spiro atoms. The topological polar surface area (TPSA) is 84.7 Å². The third-order valence-electron chi connectivity index (χ3n) is 4.47. The summed E-state index contributed by atoms with van der Waals surface area (Å²) >= 11 is 0. The molecule has 26 heavy (non-hydrogen) atoms. The van der Waals surface area contributed by atoms with Crippen molar-refractivity contribution in [2.24, 2.45) is 11.7 Å². The van der Waals surface area contributed by atoms with Crippen LogP contribution in [-0.4, -0.2) is 29.9 Å². The molecule has 1 fully saturated rings. The highest BCUT2D eigenvalue weighted by Crippen LogP contribution is 2.21. The number of nitrogens with zero attached hydrogens (tertiary/aromatic N) is 1. The Bertz CT molecular complexity index is 747. The normalized spacial score (nSPS) is 16.8. The molecule has 0 bridgehead atoms. The average molecular weight is 353 g/mol. The van der Waals surface area contributed by atoms with Gasteiger partial charge >= 0.3 is 6.03 Å². The van der Waals surface area contributed by atoms with Gasteiger partial charge in [-0.25, -0.2) is 4.79 Å². The van der Waals surface area contributed by atoms with Crippen molar-refractivity contribution in [2.45, 2.75) is 19.4 Å². The van der Waals surface area contributed by atoms with Gasteiger partial charge < -0.3 is 20.7 Å². The Morgan fingerprint density at radius 3 is 2.54 bits per heavy atom. The van der Waals surface area contributed by atoms with Crippen LogP contribution >= 0.6 is 0 Å². The van der Waals surface area contributed by atoms with E-state index in [4.69, 9.17) is 10.5 Å². The number of urea groups is 1. The van der Waals surface area contributed by atoms with E-state index in [0.717, 1.165) is 24.2 Å². The second kappa shape index (κ2) is 8.38. The van der Waals surface area contributed by atoms with Crippen LogP contribution in [0, 0.1) is 5.92 Å². The van der Waals surface area contributed by atoms with Crippen LogP contribution in [0.1, 0.15) is 18.4 Å². The Morgan fingerprint density at radius 1 is 1.12 bits per heavy atom. The summed E-state index contributed by atoms with van der Waals surface area (Å²) in [6.07, 6.45) is 1.54. The first kappa shape index (κ1) is 17.8. The van der Waals surface area contributed by atoms with Crippen LogP contribution in [0.15, 0.2) is 54.6 Å². The number of primary amides is 1. The van der Waals surface area contributed by atoms with Crippen molar-refractivity contribution in [1.29, 1.82) is 0 Å². The maximum Gasteiger partial charge on any atom is 0.314 e. The number of nitrogens with two attached hydrogens (primary N) is 1. The van der Waals surface area contributed by atoms with E-state index in [-0.39, 0.29) is 11.8 Å². The summed E-state index contributed by atoms with van der Waals surface area (Å²) in [4.78, 5) is 25.2. The average Bonchev–Trinajstić information content (AvgIpc) is 2.68. The second-order valence-electron chi connectivity index (χ2n) is 6.41. The zero-order valence-electron chi connectivity index (χ0n) is 14.6. The number of nitrogens with one attached hydrogen (secondary N) is 1. The maximum atomic E-state index is 12.4. The lowest BCUT2D eigenvalue weighted by molar-refractivity contribution is -0.121. The molecule has 0 saturated carbocycles. The molecule has 136 valence electrons. The molecule has 1 aliphatic heterocycles. The summed E-state index contributed by atoms with van der Waals surface area (Å²) < 4.78 is 5.74. The van der Waals surface area contributed by atoms with Gasteiger partial charge in [0.25, 0.3) is 0 Å².